The molecular weight excluding hydrogens is 226 g/mol. The summed E-state index contributed by atoms with van der Waals surface area (Å²) in [7, 11) is 4.04. The first-order valence-electron chi connectivity index (χ1n) is 6.28. The molecule has 102 valence electrons. The number of rotatable bonds is 5. The molecular formula is C13H25N5. The number of anilines is 2. The van der Waals surface area contributed by atoms with E-state index in [9.17, 15) is 0 Å². The van der Waals surface area contributed by atoms with Gasteiger partial charge in [0.1, 0.15) is 18.0 Å². The summed E-state index contributed by atoms with van der Waals surface area (Å²) in [4.78, 5) is 12.8. The maximum Gasteiger partial charge on any atom is 0.133 e. The summed E-state index contributed by atoms with van der Waals surface area (Å²) in [6.45, 7) is 9.00. The Balaban J connectivity index is 2.81. The third-order valence-corrected chi connectivity index (χ3v) is 2.60. The third-order valence-electron chi connectivity index (χ3n) is 2.60. The van der Waals surface area contributed by atoms with Crippen molar-refractivity contribution in [3.63, 3.8) is 0 Å². The Labute approximate surface area is 110 Å². The van der Waals surface area contributed by atoms with Gasteiger partial charge in [-0.3, -0.25) is 0 Å². The molecule has 0 saturated heterocycles. The second-order valence-corrected chi connectivity index (χ2v) is 5.86. The molecule has 0 amide bonds. The van der Waals surface area contributed by atoms with Gasteiger partial charge in [0.25, 0.3) is 0 Å². The van der Waals surface area contributed by atoms with Gasteiger partial charge in [-0.05, 0) is 5.41 Å². The Kier molecular flexibility index (Phi) is 4.90. The van der Waals surface area contributed by atoms with Crippen LogP contribution in [0.5, 0.6) is 0 Å². The highest BCUT2D eigenvalue weighted by Gasteiger charge is 2.15. The zero-order valence-corrected chi connectivity index (χ0v) is 12.1. The summed E-state index contributed by atoms with van der Waals surface area (Å²) >= 11 is 0. The van der Waals surface area contributed by atoms with Crippen LogP contribution in [-0.4, -0.2) is 43.7 Å². The van der Waals surface area contributed by atoms with Gasteiger partial charge < -0.3 is 15.5 Å². The van der Waals surface area contributed by atoms with Crippen LogP contribution < -0.4 is 15.5 Å². The zero-order valence-electron chi connectivity index (χ0n) is 12.1. The van der Waals surface area contributed by atoms with Gasteiger partial charge in [0.05, 0.1) is 0 Å². The Bertz CT molecular complexity index is 372. The molecule has 5 nitrogen and oxygen atoms in total. The van der Waals surface area contributed by atoms with E-state index in [1.54, 1.807) is 6.33 Å². The van der Waals surface area contributed by atoms with Crippen LogP contribution in [0, 0.1) is 5.41 Å². The van der Waals surface area contributed by atoms with Crippen LogP contribution in [0.15, 0.2) is 12.4 Å². The molecule has 5 heteroatoms. The highest BCUT2D eigenvalue weighted by Crippen LogP contribution is 2.20. The molecule has 1 aromatic rings. The summed E-state index contributed by atoms with van der Waals surface area (Å²) in [5, 5.41) is 0. The summed E-state index contributed by atoms with van der Waals surface area (Å²) in [5.41, 5.74) is 5.79. The molecule has 0 saturated carbocycles. The molecule has 18 heavy (non-hydrogen) atoms. The minimum atomic E-state index is 0.239. The second-order valence-electron chi connectivity index (χ2n) is 5.86. The van der Waals surface area contributed by atoms with E-state index >= 15 is 0 Å². The van der Waals surface area contributed by atoms with Crippen LogP contribution in [0.1, 0.15) is 20.8 Å². The van der Waals surface area contributed by atoms with E-state index in [1.165, 1.54) is 0 Å². The summed E-state index contributed by atoms with van der Waals surface area (Å²) in [5.74, 6) is 1.85. The molecule has 2 N–H and O–H groups in total. The fraction of sp³-hybridized carbons (Fsp3) is 0.692. The fourth-order valence-electron chi connectivity index (χ4n) is 1.86. The summed E-state index contributed by atoms with van der Waals surface area (Å²) in [6.07, 6.45) is 1.61. The Morgan fingerprint density at radius 1 is 1.11 bits per heavy atom. The maximum atomic E-state index is 5.55. The van der Waals surface area contributed by atoms with Gasteiger partial charge in [0.15, 0.2) is 0 Å². The van der Waals surface area contributed by atoms with Gasteiger partial charge in [-0.1, -0.05) is 20.8 Å². The van der Waals surface area contributed by atoms with E-state index in [1.807, 2.05) is 18.0 Å². The molecule has 0 aliphatic carbocycles. The lowest BCUT2D eigenvalue weighted by atomic mass is 9.96. The average Bonchev–Trinajstić information content (AvgIpc) is 2.27. The Hall–Kier alpha value is -1.36. The van der Waals surface area contributed by atoms with Crippen LogP contribution >= 0.6 is 0 Å². The molecule has 0 fully saturated rings. The molecule has 0 aromatic carbocycles. The number of nitrogens with zero attached hydrogens (tertiary/aromatic N) is 4. The Morgan fingerprint density at radius 2 is 1.67 bits per heavy atom. The standard InChI is InChI=1S/C13H25N5/c1-13(2,3)9-18(5)12-8-11(15-10-16-12)17(4)7-6-14/h8,10H,6-7,9,14H2,1-5H3. The first kappa shape index (κ1) is 14.7. The minimum absolute atomic E-state index is 0.239. The van der Waals surface area contributed by atoms with Gasteiger partial charge in [-0.25, -0.2) is 9.97 Å². The lowest BCUT2D eigenvalue weighted by Crippen LogP contribution is -2.30. The predicted octanol–water partition coefficient (Wildman–Crippen LogP) is 1.35. The van der Waals surface area contributed by atoms with E-state index in [-0.39, 0.29) is 5.41 Å². The molecule has 0 bridgehead atoms. The van der Waals surface area contributed by atoms with Gasteiger partial charge >= 0.3 is 0 Å². The normalized spacial score (nSPS) is 11.4. The van der Waals surface area contributed by atoms with Crippen LogP contribution in [0.2, 0.25) is 0 Å². The van der Waals surface area contributed by atoms with Crippen LogP contribution in [-0.2, 0) is 0 Å². The third kappa shape index (κ3) is 4.49. The molecule has 1 aromatic heterocycles. The van der Waals surface area contributed by atoms with Gasteiger partial charge in [0, 0.05) is 39.8 Å². The summed E-state index contributed by atoms with van der Waals surface area (Å²) < 4.78 is 0. The molecule has 1 heterocycles. The molecule has 1 rings (SSSR count). The van der Waals surface area contributed by atoms with E-state index in [4.69, 9.17) is 5.73 Å². The Morgan fingerprint density at radius 3 is 2.17 bits per heavy atom. The lowest BCUT2D eigenvalue weighted by Gasteiger charge is -2.28. The van der Waals surface area contributed by atoms with Crippen molar-refractivity contribution in [2.24, 2.45) is 11.1 Å². The number of aromatic nitrogens is 2. The maximum absolute atomic E-state index is 5.55. The second kappa shape index (κ2) is 6.00. The van der Waals surface area contributed by atoms with Crippen molar-refractivity contribution in [2.45, 2.75) is 20.8 Å². The first-order chi connectivity index (χ1) is 8.33. The monoisotopic (exact) mass is 251 g/mol. The van der Waals surface area contributed by atoms with Crippen LogP contribution in [0.25, 0.3) is 0 Å². The highest BCUT2D eigenvalue weighted by molar-refractivity contribution is 5.49. The topological polar surface area (TPSA) is 58.3 Å². The molecule has 0 aliphatic heterocycles. The van der Waals surface area contributed by atoms with Crippen molar-refractivity contribution in [2.75, 3.05) is 43.5 Å². The van der Waals surface area contributed by atoms with Crippen molar-refractivity contribution in [3.05, 3.63) is 12.4 Å². The molecule has 0 unspecified atom stereocenters. The predicted molar refractivity (Wildman–Crippen MR) is 77.1 cm³/mol. The molecule has 0 atom stereocenters. The van der Waals surface area contributed by atoms with Crippen molar-refractivity contribution in [3.8, 4) is 0 Å². The van der Waals surface area contributed by atoms with Crippen molar-refractivity contribution in [1.82, 2.24) is 9.97 Å². The summed E-state index contributed by atoms with van der Waals surface area (Å²) in [6, 6.07) is 2.00. The smallest absolute Gasteiger partial charge is 0.133 e. The molecule has 0 radical (unpaired) electrons. The van der Waals surface area contributed by atoms with Gasteiger partial charge in [-0.15, -0.1) is 0 Å². The van der Waals surface area contributed by atoms with Crippen molar-refractivity contribution in [1.29, 1.82) is 0 Å². The number of likely N-dealkylation sites (N-methyl/N-ethyl adjacent to an activating group) is 1. The van der Waals surface area contributed by atoms with Gasteiger partial charge in [-0.2, -0.15) is 0 Å². The SMILES string of the molecule is CN(CCN)c1cc(N(C)CC(C)(C)C)ncn1. The van der Waals surface area contributed by atoms with E-state index in [2.05, 4.69) is 42.7 Å². The van der Waals surface area contributed by atoms with Crippen LogP contribution in [0.3, 0.4) is 0 Å². The minimum Gasteiger partial charge on any atom is -0.359 e. The zero-order chi connectivity index (χ0) is 13.8. The highest BCUT2D eigenvalue weighted by atomic mass is 15.2. The van der Waals surface area contributed by atoms with Crippen molar-refractivity contribution >= 4 is 11.6 Å². The van der Waals surface area contributed by atoms with E-state index < -0.39 is 0 Å². The van der Waals surface area contributed by atoms with Crippen LogP contribution in [0.4, 0.5) is 11.6 Å². The number of nitrogens with two attached hydrogens (primary N) is 1. The quantitative estimate of drug-likeness (QED) is 0.856. The van der Waals surface area contributed by atoms with E-state index in [0.29, 0.717) is 6.54 Å². The fourth-order valence-corrected chi connectivity index (χ4v) is 1.86. The first-order valence-corrected chi connectivity index (χ1v) is 6.28. The number of hydrogen-bond donors (Lipinski definition) is 1. The molecule has 0 spiro atoms. The van der Waals surface area contributed by atoms with E-state index in [0.717, 1.165) is 24.7 Å². The average molecular weight is 251 g/mol. The van der Waals surface area contributed by atoms with Crippen molar-refractivity contribution < 1.29 is 0 Å². The number of hydrogen-bond acceptors (Lipinski definition) is 5. The molecule has 0 aliphatic rings. The van der Waals surface area contributed by atoms with Gasteiger partial charge in [0.2, 0.25) is 0 Å². The largest absolute Gasteiger partial charge is 0.359 e. The lowest BCUT2D eigenvalue weighted by molar-refractivity contribution is 0.417.